The lowest BCUT2D eigenvalue weighted by molar-refractivity contribution is 0.190. The lowest BCUT2D eigenvalue weighted by Gasteiger charge is -2.18. The Balaban J connectivity index is 2.89. The van der Waals surface area contributed by atoms with Gasteiger partial charge in [0.2, 0.25) is 0 Å². The van der Waals surface area contributed by atoms with E-state index in [-0.39, 0.29) is 5.25 Å². The zero-order chi connectivity index (χ0) is 13.7. The second-order valence-electron chi connectivity index (χ2n) is 4.91. The number of hydrogen-bond acceptors (Lipinski definition) is 2. The van der Waals surface area contributed by atoms with Gasteiger partial charge in [-0.15, -0.1) is 0 Å². The highest BCUT2D eigenvalue weighted by Crippen LogP contribution is 2.18. The Hall–Kier alpha value is -0.930. The maximum Gasteiger partial charge on any atom is 0.0685 e. The molecule has 0 unspecified atom stereocenters. The standard InChI is InChI=1S/C15H22O2S/c1-11(2)5-10-15(13(4)16)18(17)14-8-6-12(3)7-9-14/h5-9,13,15-16H,10H2,1-4H3/t13-,15+,18+/m1/s1. The molecule has 0 aromatic heterocycles. The van der Waals surface area contributed by atoms with Gasteiger partial charge in [0.25, 0.3) is 0 Å². The van der Waals surface area contributed by atoms with Gasteiger partial charge in [-0.2, -0.15) is 0 Å². The van der Waals surface area contributed by atoms with Crippen LogP contribution in [0.1, 0.15) is 32.8 Å². The number of aliphatic hydroxyl groups excluding tert-OH is 1. The number of aliphatic hydroxyl groups is 1. The monoisotopic (exact) mass is 266 g/mol. The van der Waals surface area contributed by atoms with Gasteiger partial charge in [-0.05, 0) is 46.2 Å². The fourth-order valence-electron chi connectivity index (χ4n) is 1.66. The van der Waals surface area contributed by atoms with E-state index in [0.29, 0.717) is 6.42 Å². The minimum atomic E-state index is -1.17. The van der Waals surface area contributed by atoms with Crippen molar-refractivity contribution in [2.75, 3.05) is 0 Å². The van der Waals surface area contributed by atoms with Crippen LogP contribution in [0.2, 0.25) is 0 Å². The molecule has 1 N–H and O–H groups in total. The summed E-state index contributed by atoms with van der Waals surface area (Å²) in [5.74, 6) is 0. The van der Waals surface area contributed by atoms with Crippen molar-refractivity contribution in [3.63, 3.8) is 0 Å². The minimum Gasteiger partial charge on any atom is -0.392 e. The van der Waals surface area contributed by atoms with Crippen molar-refractivity contribution in [3.05, 3.63) is 41.5 Å². The third kappa shape index (κ3) is 4.39. The van der Waals surface area contributed by atoms with Crippen molar-refractivity contribution in [2.45, 2.75) is 50.4 Å². The van der Waals surface area contributed by atoms with Gasteiger partial charge in [0.15, 0.2) is 0 Å². The van der Waals surface area contributed by atoms with Crippen LogP contribution in [-0.4, -0.2) is 20.7 Å². The smallest absolute Gasteiger partial charge is 0.0685 e. The molecule has 0 bridgehead atoms. The van der Waals surface area contributed by atoms with E-state index in [9.17, 15) is 9.32 Å². The predicted octanol–water partition coefficient (Wildman–Crippen LogP) is 3.21. The largest absolute Gasteiger partial charge is 0.392 e. The molecule has 100 valence electrons. The molecule has 0 saturated carbocycles. The number of aryl methyl sites for hydroxylation is 1. The zero-order valence-electron chi connectivity index (χ0n) is 11.5. The SMILES string of the molecule is CC(C)=CC[C@@H]([C@@H](C)O)[S@@](=O)c1ccc(C)cc1. The van der Waals surface area contributed by atoms with Crippen molar-refractivity contribution in [2.24, 2.45) is 0 Å². The number of benzene rings is 1. The molecule has 18 heavy (non-hydrogen) atoms. The topological polar surface area (TPSA) is 37.3 Å². The molecule has 1 rings (SSSR count). The lowest BCUT2D eigenvalue weighted by atomic mass is 10.1. The Morgan fingerprint density at radius 3 is 2.33 bits per heavy atom. The van der Waals surface area contributed by atoms with Crippen LogP contribution in [-0.2, 0) is 10.8 Å². The first-order valence-corrected chi connectivity index (χ1v) is 7.41. The number of hydrogen-bond donors (Lipinski definition) is 1. The molecule has 0 aliphatic rings. The molecule has 0 saturated heterocycles. The summed E-state index contributed by atoms with van der Waals surface area (Å²) in [5.41, 5.74) is 2.33. The Bertz CT molecular complexity index is 428. The fraction of sp³-hybridized carbons (Fsp3) is 0.467. The summed E-state index contributed by atoms with van der Waals surface area (Å²) in [6, 6.07) is 7.66. The van der Waals surface area contributed by atoms with E-state index in [1.54, 1.807) is 6.92 Å². The highest BCUT2D eigenvalue weighted by molar-refractivity contribution is 7.85. The van der Waals surface area contributed by atoms with Crippen LogP contribution in [0.4, 0.5) is 0 Å². The lowest BCUT2D eigenvalue weighted by Crippen LogP contribution is -2.27. The van der Waals surface area contributed by atoms with Crippen molar-refractivity contribution in [1.82, 2.24) is 0 Å². The molecule has 2 nitrogen and oxygen atoms in total. The molecular formula is C15H22O2S. The van der Waals surface area contributed by atoms with E-state index in [4.69, 9.17) is 0 Å². The van der Waals surface area contributed by atoms with Crippen molar-refractivity contribution >= 4 is 10.8 Å². The summed E-state index contributed by atoms with van der Waals surface area (Å²) in [7, 11) is -1.17. The van der Waals surface area contributed by atoms with Gasteiger partial charge in [-0.25, -0.2) is 0 Å². The van der Waals surface area contributed by atoms with Crippen molar-refractivity contribution < 1.29 is 9.32 Å². The third-order valence-corrected chi connectivity index (χ3v) is 4.70. The molecule has 0 aliphatic heterocycles. The predicted molar refractivity (Wildman–Crippen MR) is 77.1 cm³/mol. The highest BCUT2D eigenvalue weighted by Gasteiger charge is 2.22. The van der Waals surface area contributed by atoms with Crippen LogP contribution in [0.3, 0.4) is 0 Å². The Labute approximate surface area is 112 Å². The van der Waals surface area contributed by atoms with E-state index in [0.717, 1.165) is 10.5 Å². The molecule has 0 heterocycles. The molecule has 0 fully saturated rings. The third-order valence-electron chi connectivity index (χ3n) is 2.82. The first kappa shape index (κ1) is 15.1. The van der Waals surface area contributed by atoms with Gasteiger partial charge < -0.3 is 5.11 Å². The van der Waals surface area contributed by atoms with Crippen LogP contribution in [0.25, 0.3) is 0 Å². The minimum absolute atomic E-state index is 0.248. The maximum absolute atomic E-state index is 12.4. The fourth-order valence-corrected chi connectivity index (χ4v) is 3.04. The number of allylic oxidation sites excluding steroid dienone is 2. The Morgan fingerprint density at radius 2 is 1.89 bits per heavy atom. The Kier molecular flexibility index (Phi) is 5.76. The van der Waals surface area contributed by atoms with Crippen LogP contribution >= 0.6 is 0 Å². The quantitative estimate of drug-likeness (QED) is 0.831. The van der Waals surface area contributed by atoms with Gasteiger partial charge in [-0.1, -0.05) is 29.3 Å². The van der Waals surface area contributed by atoms with E-state index in [2.05, 4.69) is 0 Å². The van der Waals surface area contributed by atoms with Gasteiger partial charge in [0.05, 0.1) is 22.2 Å². The van der Waals surface area contributed by atoms with Gasteiger partial charge in [-0.3, -0.25) is 4.21 Å². The summed E-state index contributed by atoms with van der Waals surface area (Å²) in [6.45, 7) is 7.72. The molecule has 0 aliphatic carbocycles. The summed E-state index contributed by atoms with van der Waals surface area (Å²) < 4.78 is 12.4. The van der Waals surface area contributed by atoms with Gasteiger partial charge >= 0.3 is 0 Å². The maximum atomic E-state index is 12.4. The summed E-state index contributed by atoms with van der Waals surface area (Å²) in [5, 5.41) is 9.54. The average molecular weight is 266 g/mol. The molecule has 1 aromatic carbocycles. The molecule has 3 atom stereocenters. The van der Waals surface area contributed by atoms with E-state index < -0.39 is 16.9 Å². The first-order valence-electron chi connectivity index (χ1n) is 6.20. The van der Waals surface area contributed by atoms with E-state index in [1.165, 1.54) is 5.57 Å². The van der Waals surface area contributed by atoms with Crippen LogP contribution < -0.4 is 0 Å². The summed E-state index contributed by atoms with van der Waals surface area (Å²) in [4.78, 5) is 0.786. The van der Waals surface area contributed by atoms with Crippen LogP contribution in [0.15, 0.2) is 40.8 Å². The van der Waals surface area contributed by atoms with E-state index >= 15 is 0 Å². The van der Waals surface area contributed by atoms with Crippen LogP contribution in [0.5, 0.6) is 0 Å². The normalized spacial score (nSPS) is 15.8. The van der Waals surface area contributed by atoms with Crippen molar-refractivity contribution in [1.29, 1.82) is 0 Å². The molecular weight excluding hydrogens is 244 g/mol. The number of rotatable bonds is 5. The van der Waals surface area contributed by atoms with Gasteiger partial charge in [0, 0.05) is 4.90 Å². The molecule has 3 heteroatoms. The summed E-state index contributed by atoms with van der Waals surface area (Å²) >= 11 is 0. The van der Waals surface area contributed by atoms with Crippen LogP contribution in [0, 0.1) is 6.92 Å². The second kappa shape index (κ2) is 6.86. The highest BCUT2D eigenvalue weighted by atomic mass is 32.2. The first-order chi connectivity index (χ1) is 8.41. The summed E-state index contributed by atoms with van der Waals surface area (Å²) in [6.07, 6.45) is 2.09. The molecule has 0 radical (unpaired) electrons. The van der Waals surface area contributed by atoms with Crippen molar-refractivity contribution in [3.8, 4) is 0 Å². The molecule has 0 spiro atoms. The molecule has 0 amide bonds. The zero-order valence-corrected chi connectivity index (χ0v) is 12.3. The molecule has 1 aromatic rings. The Morgan fingerprint density at radius 1 is 1.33 bits per heavy atom. The average Bonchev–Trinajstić information content (AvgIpc) is 2.29. The van der Waals surface area contributed by atoms with Gasteiger partial charge in [0.1, 0.15) is 0 Å². The second-order valence-corrected chi connectivity index (χ2v) is 6.58. The van der Waals surface area contributed by atoms with E-state index in [1.807, 2.05) is 51.1 Å².